The van der Waals surface area contributed by atoms with Gasteiger partial charge in [0, 0.05) is 23.2 Å². The van der Waals surface area contributed by atoms with Crippen molar-refractivity contribution in [2.24, 2.45) is 0 Å². The number of halogens is 2. The molecule has 3 aromatic heterocycles. The lowest BCUT2D eigenvalue weighted by Crippen LogP contribution is -1.99. The molecule has 0 aliphatic carbocycles. The predicted molar refractivity (Wildman–Crippen MR) is 113 cm³/mol. The van der Waals surface area contributed by atoms with Crippen LogP contribution in [0.1, 0.15) is 13.8 Å². The average Bonchev–Trinajstić information content (AvgIpc) is 3.19. The average molecular weight is 427 g/mol. The second kappa shape index (κ2) is 8.35. The minimum absolute atomic E-state index is 0.164. The summed E-state index contributed by atoms with van der Waals surface area (Å²) in [6.45, 7) is 4.59. The van der Waals surface area contributed by atoms with E-state index in [0.717, 1.165) is 0 Å². The maximum Gasteiger partial charge on any atom is 0.222 e. The highest BCUT2D eigenvalue weighted by molar-refractivity contribution is 7.99. The number of imidazole rings is 1. The van der Waals surface area contributed by atoms with Crippen molar-refractivity contribution in [2.45, 2.75) is 25.4 Å². The number of fused-ring (bicyclic) bond motifs is 1. The molecule has 4 aromatic rings. The Kier molecular flexibility index (Phi) is 5.63. The van der Waals surface area contributed by atoms with Gasteiger partial charge in [0.05, 0.1) is 19.6 Å². The quantitative estimate of drug-likeness (QED) is 0.405. The Hall–Kier alpha value is -3.07. The molecule has 0 amide bonds. The summed E-state index contributed by atoms with van der Waals surface area (Å²) in [5.41, 5.74) is 3.12. The summed E-state index contributed by atoms with van der Waals surface area (Å²) >= 11 is 1.26. The Labute approximate surface area is 176 Å². The van der Waals surface area contributed by atoms with E-state index < -0.39 is 11.6 Å². The first-order chi connectivity index (χ1) is 14.6. The number of aromatic nitrogens is 5. The number of thioether (sulfide) groups is 1. The Morgan fingerprint density at radius 2 is 1.90 bits per heavy atom. The van der Waals surface area contributed by atoms with Crippen LogP contribution in [0, 0.1) is 11.6 Å². The molecule has 1 aromatic carbocycles. The van der Waals surface area contributed by atoms with Gasteiger partial charge >= 0.3 is 0 Å². The van der Waals surface area contributed by atoms with Gasteiger partial charge in [-0.25, -0.2) is 18.7 Å². The molecule has 0 fully saturated rings. The van der Waals surface area contributed by atoms with Gasteiger partial charge in [0.15, 0.2) is 11.5 Å². The summed E-state index contributed by atoms with van der Waals surface area (Å²) in [5.74, 6) is -0.202. The highest BCUT2D eigenvalue weighted by atomic mass is 32.2. The van der Waals surface area contributed by atoms with Gasteiger partial charge in [0.1, 0.15) is 16.4 Å². The van der Waals surface area contributed by atoms with Crippen LogP contribution < -0.4 is 4.74 Å². The van der Waals surface area contributed by atoms with Crippen LogP contribution in [0.15, 0.2) is 41.8 Å². The minimum atomic E-state index is -0.517. The maximum atomic E-state index is 14.8. The number of aryl methyl sites for hydroxylation is 1. The van der Waals surface area contributed by atoms with Crippen molar-refractivity contribution >= 4 is 22.9 Å². The third-order valence-electron chi connectivity index (χ3n) is 4.70. The molecule has 0 unspecified atom stereocenters. The summed E-state index contributed by atoms with van der Waals surface area (Å²) in [6.07, 6.45) is 3.28. The Bertz CT molecular complexity index is 1230. The minimum Gasteiger partial charge on any atom is -0.481 e. The fourth-order valence-electron chi connectivity index (χ4n) is 3.26. The molecule has 0 spiro atoms. The van der Waals surface area contributed by atoms with Crippen molar-refractivity contribution in [1.82, 2.24) is 24.7 Å². The number of benzene rings is 1. The number of nitrogens with zero attached hydrogens (tertiary/aromatic N) is 5. The van der Waals surface area contributed by atoms with Crippen LogP contribution in [-0.2, 0) is 6.54 Å². The van der Waals surface area contributed by atoms with Crippen LogP contribution in [0.4, 0.5) is 8.78 Å². The van der Waals surface area contributed by atoms with Crippen LogP contribution in [0.25, 0.3) is 33.4 Å². The van der Waals surface area contributed by atoms with Crippen LogP contribution in [0.5, 0.6) is 5.88 Å². The summed E-state index contributed by atoms with van der Waals surface area (Å²) in [7, 11) is 1.43. The van der Waals surface area contributed by atoms with Crippen molar-refractivity contribution in [3.63, 3.8) is 0 Å². The third kappa shape index (κ3) is 3.49. The van der Waals surface area contributed by atoms with Gasteiger partial charge in [-0.2, -0.15) is 5.10 Å². The van der Waals surface area contributed by atoms with Gasteiger partial charge in [-0.05, 0) is 36.4 Å². The summed E-state index contributed by atoms with van der Waals surface area (Å²) in [6, 6.07) is 5.86. The summed E-state index contributed by atoms with van der Waals surface area (Å²) in [4.78, 5) is 8.66. The van der Waals surface area contributed by atoms with Crippen molar-refractivity contribution in [1.29, 1.82) is 0 Å². The van der Waals surface area contributed by atoms with E-state index >= 15 is 0 Å². The Balaban J connectivity index is 1.88. The molecule has 0 atom stereocenters. The molecular weight excluding hydrogens is 408 g/mol. The molecule has 3 heterocycles. The van der Waals surface area contributed by atoms with Crippen molar-refractivity contribution in [2.75, 3.05) is 12.9 Å². The number of hydrogen-bond donors (Lipinski definition) is 0. The zero-order chi connectivity index (χ0) is 21.3. The monoisotopic (exact) mass is 427 g/mol. The molecule has 9 heteroatoms. The normalized spacial score (nSPS) is 11.2. The summed E-state index contributed by atoms with van der Waals surface area (Å²) in [5, 5.41) is 8.45. The molecule has 6 nitrogen and oxygen atoms in total. The molecule has 0 saturated heterocycles. The van der Waals surface area contributed by atoms with Gasteiger partial charge in [0.25, 0.3) is 0 Å². The van der Waals surface area contributed by atoms with Crippen molar-refractivity contribution in [3.05, 3.63) is 48.4 Å². The van der Waals surface area contributed by atoms with Crippen LogP contribution in [-0.4, -0.2) is 37.6 Å². The molecular formula is C21H19F2N5OS. The topological polar surface area (TPSA) is 65.7 Å². The summed E-state index contributed by atoms with van der Waals surface area (Å²) < 4.78 is 36.5. The zero-order valence-electron chi connectivity index (χ0n) is 16.7. The maximum absolute atomic E-state index is 14.8. The SMILES string of the molecule is CCSc1nc(OC)c(-c2cc(-c3cnnc4c3ncn4CC)ccc2F)cc1F. The van der Waals surface area contributed by atoms with Gasteiger partial charge in [-0.15, -0.1) is 16.9 Å². The van der Waals surface area contributed by atoms with Gasteiger partial charge in [-0.3, -0.25) is 0 Å². The number of ether oxygens (including phenoxy) is 1. The van der Waals surface area contributed by atoms with E-state index in [1.807, 2.05) is 18.4 Å². The highest BCUT2D eigenvalue weighted by Gasteiger charge is 2.19. The van der Waals surface area contributed by atoms with E-state index in [2.05, 4.69) is 20.2 Å². The van der Waals surface area contributed by atoms with E-state index in [9.17, 15) is 8.78 Å². The number of pyridine rings is 1. The lowest BCUT2D eigenvalue weighted by molar-refractivity contribution is 0.392. The fourth-order valence-corrected chi connectivity index (χ4v) is 3.88. The molecule has 0 radical (unpaired) electrons. The lowest BCUT2D eigenvalue weighted by atomic mass is 9.99. The molecule has 0 aliphatic heterocycles. The molecule has 0 aliphatic rings. The molecule has 0 saturated carbocycles. The number of rotatable bonds is 6. The van der Waals surface area contributed by atoms with E-state index in [-0.39, 0.29) is 22.0 Å². The molecule has 154 valence electrons. The molecule has 0 bridgehead atoms. The smallest absolute Gasteiger partial charge is 0.222 e. The van der Waals surface area contributed by atoms with Crippen molar-refractivity contribution in [3.8, 4) is 28.1 Å². The van der Waals surface area contributed by atoms with Gasteiger partial charge in [-0.1, -0.05) is 13.0 Å². The van der Waals surface area contributed by atoms with Gasteiger partial charge < -0.3 is 9.30 Å². The fraction of sp³-hybridized carbons (Fsp3) is 0.238. The van der Waals surface area contributed by atoms with Crippen LogP contribution in [0.3, 0.4) is 0 Å². The second-order valence-corrected chi connectivity index (χ2v) is 7.67. The first-order valence-corrected chi connectivity index (χ1v) is 10.4. The third-order valence-corrected chi connectivity index (χ3v) is 5.54. The van der Waals surface area contributed by atoms with Gasteiger partial charge in [0.2, 0.25) is 5.88 Å². The lowest BCUT2D eigenvalue weighted by Gasteiger charge is -2.12. The molecule has 4 rings (SSSR count). The first-order valence-electron chi connectivity index (χ1n) is 9.41. The van der Waals surface area contributed by atoms with E-state index in [4.69, 9.17) is 4.74 Å². The van der Waals surface area contributed by atoms with E-state index in [1.165, 1.54) is 31.0 Å². The number of hydrogen-bond acceptors (Lipinski definition) is 6. The standard InChI is InChI=1S/C21H19F2N5OS/c1-4-28-11-24-18-15(10-25-27-19(18)28)12-6-7-16(22)13(8-12)14-9-17(23)21(30-5-2)26-20(14)29-3/h6-11H,4-5H2,1-3H3. The largest absolute Gasteiger partial charge is 0.481 e. The predicted octanol–water partition coefficient (Wildman–Crippen LogP) is 4.97. The number of methoxy groups -OCH3 is 1. The zero-order valence-corrected chi connectivity index (χ0v) is 17.5. The second-order valence-electron chi connectivity index (χ2n) is 6.42. The first kappa shape index (κ1) is 20.2. The Morgan fingerprint density at radius 1 is 1.07 bits per heavy atom. The molecule has 0 N–H and O–H groups in total. The van der Waals surface area contributed by atoms with Crippen LogP contribution >= 0.6 is 11.8 Å². The van der Waals surface area contributed by atoms with Crippen molar-refractivity contribution < 1.29 is 13.5 Å². The highest BCUT2D eigenvalue weighted by Crippen LogP contribution is 2.37. The van der Waals surface area contributed by atoms with E-state index in [1.54, 1.807) is 24.7 Å². The Morgan fingerprint density at radius 3 is 2.63 bits per heavy atom. The van der Waals surface area contributed by atoms with E-state index in [0.29, 0.717) is 34.6 Å². The molecule has 30 heavy (non-hydrogen) atoms. The van der Waals surface area contributed by atoms with Crippen LogP contribution in [0.2, 0.25) is 0 Å².